The standard InChI is InChI=1S/C12H12FNO/c13-11-4-2-1-3-10(11)12(14)7-9-5-6-15-8-9/h1-6,8,12H,7,14H2. The lowest BCUT2D eigenvalue weighted by Crippen LogP contribution is -2.14. The second kappa shape index (κ2) is 4.28. The van der Waals surface area contributed by atoms with Gasteiger partial charge in [-0.1, -0.05) is 18.2 Å². The molecule has 0 fully saturated rings. The van der Waals surface area contributed by atoms with Gasteiger partial charge in [0.05, 0.1) is 12.5 Å². The molecular formula is C12H12FNO. The molecule has 0 amide bonds. The van der Waals surface area contributed by atoms with Gasteiger partial charge < -0.3 is 10.2 Å². The topological polar surface area (TPSA) is 39.2 Å². The molecule has 1 atom stereocenters. The molecule has 0 aliphatic carbocycles. The lowest BCUT2D eigenvalue weighted by Gasteiger charge is -2.11. The lowest BCUT2D eigenvalue weighted by atomic mass is 10.0. The average molecular weight is 205 g/mol. The van der Waals surface area contributed by atoms with E-state index in [1.54, 1.807) is 30.7 Å². The van der Waals surface area contributed by atoms with Crippen molar-refractivity contribution in [2.45, 2.75) is 12.5 Å². The normalized spacial score (nSPS) is 12.7. The molecule has 2 N–H and O–H groups in total. The van der Waals surface area contributed by atoms with Crippen molar-refractivity contribution in [3.8, 4) is 0 Å². The Morgan fingerprint density at radius 1 is 1.27 bits per heavy atom. The maximum Gasteiger partial charge on any atom is 0.127 e. The van der Waals surface area contributed by atoms with Gasteiger partial charge in [0, 0.05) is 11.6 Å². The summed E-state index contributed by atoms with van der Waals surface area (Å²) < 4.78 is 18.3. The minimum atomic E-state index is -0.330. The molecule has 1 unspecified atom stereocenters. The van der Waals surface area contributed by atoms with Crippen LogP contribution in [0.3, 0.4) is 0 Å². The Kier molecular flexibility index (Phi) is 2.83. The van der Waals surface area contributed by atoms with Crippen LogP contribution in [-0.4, -0.2) is 0 Å². The molecule has 2 aromatic rings. The third-order valence-electron chi connectivity index (χ3n) is 2.34. The van der Waals surface area contributed by atoms with E-state index in [0.29, 0.717) is 12.0 Å². The van der Waals surface area contributed by atoms with Crippen LogP contribution < -0.4 is 5.73 Å². The van der Waals surface area contributed by atoms with Crippen LogP contribution in [-0.2, 0) is 6.42 Å². The Morgan fingerprint density at radius 2 is 2.07 bits per heavy atom. The van der Waals surface area contributed by atoms with E-state index >= 15 is 0 Å². The predicted molar refractivity (Wildman–Crippen MR) is 55.7 cm³/mol. The zero-order valence-corrected chi connectivity index (χ0v) is 8.19. The van der Waals surface area contributed by atoms with Gasteiger partial charge in [-0.15, -0.1) is 0 Å². The number of rotatable bonds is 3. The second-order valence-electron chi connectivity index (χ2n) is 3.46. The molecule has 1 heterocycles. The molecule has 2 rings (SSSR count). The minimum Gasteiger partial charge on any atom is -0.472 e. The van der Waals surface area contributed by atoms with Gasteiger partial charge in [-0.2, -0.15) is 0 Å². The van der Waals surface area contributed by atoms with Crippen molar-refractivity contribution in [2.24, 2.45) is 5.73 Å². The number of hydrogen-bond donors (Lipinski definition) is 1. The summed E-state index contributed by atoms with van der Waals surface area (Å²) in [7, 11) is 0. The number of hydrogen-bond acceptors (Lipinski definition) is 2. The average Bonchev–Trinajstić information content (AvgIpc) is 2.71. The van der Waals surface area contributed by atoms with Crippen molar-refractivity contribution in [1.29, 1.82) is 0 Å². The highest BCUT2D eigenvalue weighted by molar-refractivity contribution is 5.23. The summed E-state index contributed by atoms with van der Waals surface area (Å²) >= 11 is 0. The molecule has 1 aromatic carbocycles. The molecule has 1 aromatic heterocycles. The molecule has 0 radical (unpaired) electrons. The molecule has 0 saturated heterocycles. The summed E-state index contributed by atoms with van der Waals surface area (Å²) in [6, 6.07) is 8.08. The Balaban J connectivity index is 2.15. The third-order valence-corrected chi connectivity index (χ3v) is 2.34. The van der Waals surface area contributed by atoms with Gasteiger partial charge in [-0.3, -0.25) is 0 Å². The molecule has 0 saturated carbocycles. The van der Waals surface area contributed by atoms with Crippen molar-refractivity contribution in [3.05, 3.63) is 59.8 Å². The van der Waals surface area contributed by atoms with Crippen molar-refractivity contribution >= 4 is 0 Å². The van der Waals surface area contributed by atoms with E-state index < -0.39 is 0 Å². The number of nitrogens with two attached hydrogens (primary N) is 1. The Morgan fingerprint density at radius 3 is 2.73 bits per heavy atom. The zero-order chi connectivity index (χ0) is 10.7. The largest absolute Gasteiger partial charge is 0.472 e. The monoisotopic (exact) mass is 205 g/mol. The van der Waals surface area contributed by atoms with Crippen molar-refractivity contribution in [3.63, 3.8) is 0 Å². The van der Waals surface area contributed by atoms with E-state index in [9.17, 15) is 4.39 Å². The molecule has 0 spiro atoms. The summed E-state index contributed by atoms with van der Waals surface area (Å²) in [6.07, 6.45) is 3.79. The zero-order valence-electron chi connectivity index (χ0n) is 8.19. The first kappa shape index (κ1) is 9.93. The fourth-order valence-electron chi connectivity index (χ4n) is 1.55. The first-order chi connectivity index (χ1) is 7.27. The summed E-state index contributed by atoms with van der Waals surface area (Å²) in [6.45, 7) is 0. The van der Waals surface area contributed by atoms with Crippen LogP contribution in [0.15, 0.2) is 47.3 Å². The Hall–Kier alpha value is -1.61. The Labute approximate surface area is 87.5 Å². The molecule has 78 valence electrons. The van der Waals surface area contributed by atoms with Crippen LogP contribution in [0.4, 0.5) is 4.39 Å². The van der Waals surface area contributed by atoms with Crippen molar-refractivity contribution < 1.29 is 8.81 Å². The van der Waals surface area contributed by atoms with Gasteiger partial charge in [0.2, 0.25) is 0 Å². The van der Waals surface area contributed by atoms with E-state index in [4.69, 9.17) is 10.2 Å². The first-order valence-electron chi connectivity index (χ1n) is 4.78. The van der Waals surface area contributed by atoms with Crippen LogP contribution in [0.1, 0.15) is 17.2 Å². The number of halogens is 1. The molecule has 2 nitrogen and oxygen atoms in total. The summed E-state index contributed by atoms with van der Waals surface area (Å²) in [5, 5.41) is 0. The summed E-state index contributed by atoms with van der Waals surface area (Å²) in [5.41, 5.74) is 7.42. The number of furan rings is 1. The molecular weight excluding hydrogens is 193 g/mol. The number of benzene rings is 1. The molecule has 15 heavy (non-hydrogen) atoms. The minimum absolute atomic E-state index is 0.256. The van der Waals surface area contributed by atoms with E-state index in [2.05, 4.69) is 0 Å². The predicted octanol–water partition coefficient (Wildman–Crippen LogP) is 2.66. The van der Waals surface area contributed by atoms with Gasteiger partial charge in [-0.25, -0.2) is 4.39 Å². The highest BCUT2D eigenvalue weighted by Gasteiger charge is 2.11. The molecule has 0 aliphatic rings. The fourth-order valence-corrected chi connectivity index (χ4v) is 1.55. The Bertz CT molecular complexity index is 425. The van der Waals surface area contributed by atoms with E-state index in [-0.39, 0.29) is 11.9 Å². The van der Waals surface area contributed by atoms with Crippen LogP contribution in [0.25, 0.3) is 0 Å². The van der Waals surface area contributed by atoms with Gasteiger partial charge in [0.15, 0.2) is 0 Å². The quantitative estimate of drug-likeness (QED) is 0.836. The van der Waals surface area contributed by atoms with Crippen molar-refractivity contribution in [2.75, 3.05) is 0 Å². The fraction of sp³-hybridized carbons (Fsp3) is 0.167. The summed E-state index contributed by atoms with van der Waals surface area (Å²) in [4.78, 5) is 0. The maximum atomic E-state index is 13.4. The van der Waals surface area contributed by atoms with E-state index in [1.165, 1.54) is 6.07 Å². The highest BCUT2D eigenvalue weighted by Crippen LogP contribution is 2.18. The molecule has 0 bridgehead atoms. The molecule has 0 aliphatic heterocycles. The second-order valence-corrected chi connectivity index (χ2v) is 3.46. The van der Waals surface area contributed by atoms with Crippen LogP contribution in [0, 0.1) is 5.82 Å². The SMILES string of the molecule is NC(Cc1ccoc1)c1ccccc1F. The van der Waals surface area contributed by atoms with Crippen LogP contribution in [0.5, 0.6) is 0 Å². The third kappa shape index (κ3) is 2.25. The van der Waals surface area contributed by atoms with E-state index in [0.717, 1.165) is 5.56 Å². The van der Waals surface area contributed by atoms with Gasteiger partial charge in [0.25, 0.3) is 0 Å². The highest BCUT2D eigenvalue weighted by atomic mass is 19.1. The van der Waals surface area contributed by atoms with Crippen LogP contribution >= 0.6 is 0 Å². The lowest BCUT2D eigenvalue weighted by molar-refractivity contribution is 0.556. The van der Waals surface area contributed by atoms with Gasteiger partial charge in [0.1, 0.15) is 5.82 Å². The molecule has 3 heteroatoms. The maximum absolute atomic E-state index is 13.4. The van der Waals surface area contributed by atoms with Crippen LogP contribution in [0.2, 0.25) is 0 Å². The van der Waals surface area contributed by atoms with Gasteiger partial charge in [-0.05, 0) is 24.1 Å². The summed E-state index contributed by atoms with van der Waals surface area (Å²) in [5.74, 6) is -0.256. The van der Waals surface area contributed by atoms with Crippen molar-refractivity contribution in [1.82, 2.24) is 0 Å². The first-order valence-corrected chi connectivity index (χ1v) is 4.78. The smallest absolute Gasteiger partial charge is 0.127 e. The van der Waals surface area contributed by atoms with E-state index in [1.807, 2.05) is 6.07 Å². The van der Waals surface area contributed by atoms with Gasteiger partial charge >= 0.3 is 0 Å².